The molecule has 0 unspecified atom stereocenters. The fourth-order valence-electron chi connectivity index (χ4n) is 0.706. The van der Waals surface area contributed by atoms with Crippen molar-refractivity contribution in [2.45, 2.75) is 19.9 Å². The van der Waals surface area contributed by atoms with Crippen LogP contribution in [0.4, 0.5) is 0 Å². The zero-order valence-corrected chi connectivity index (χ0v) is 7.07. The minimum absolute atomic E-state index is 0.544. The van der Waals surface area contributed by atoms with Gasteiger partial charge in [-0.1, -0.05) is 6.92 Å². The molecule has 2 N–H and O–H groups in total. The molecule has 0 saturated carbocycles. The maximum atomic E-state index is 5.53. The lowest BCUT2D eigenvalue weighted by Crippen LogP contribution is -2.09. The van der Waals surface area contributed by atoms with Crippen LogP contribution in [0.3, 0.4) is 0 Å². The largest absolute Gasteiger partial charge is 0.387 e. The van der Waals surface area contributed by atoms with Gasteiger partial charge >= 0.3 is 0 Å². The monoisotopic (exact) mass is 164 g/mol. The van der Waals surface area contributed by atoms with Crippen LogP contribution in [0, 0.1) is 0 Å². The highest BCUT2D eigenvalue weighted by Crippen LogP contribution is 1.93. The lowest BCUT2D eigenvalue weighted by atomic mass is 10.4. The molecule has 0 bridgehead atoms. The predicted molar refractivity (Wildman–Crippen MR) is 47.6 cm³/mol. The van der Waals surface area contributed by atoms with Gasteiger partial charge in [0.05, 0.1) is 18.1 Å². The summed E-state index contributed by atoms with van der Waals surface area (Å²) in [6.45, 7) is 2.51. The number of hydrogen-bond acceptors (Lipinski definition) is 3. The van der Waals surface area contributed by atoms with Crippen LogP contribution in [-0.4, -0.2) is 15.8 Å². The summed E-state index contributed by atoms with van der Waals surface area (Å²) in [7, 11) is 0. The Labute approximate surface area is 71.6 Å². The van der Waals surface area contributed by atoms with Crippen molar-refractivity contribution >= 4 is 5.84 Å². The van der Waals surface area contributed by atoms with Crippen molar-refractivity contribution in [2.75, 3.05) is 0 Å². The van der Waals surface area contributed by atoms with Gasteiger partial charge in [-0.05, 0) is 6.07 Å². The number of aliphatic imine (C=N–C) groups is 1. The Morgan fingerprint density at radius 1 is 1.67 bits per heavy atom. The number of hydrogen-bond donors (Lipinski definition) is 1. The Kier molecular flexibility index (Phi) is 3.19. The van der Waals surface area contributed by atoms with E-state index in [1.807, 2.05) is 13.0 Å². The molecule has 0 radical (unpaired) electrons. The van der Waals surface area contributed by atoms with Crippen molar-refractivity contribution in [2.24, 2.45) is 10.7 Å². The van der Waals surface area contributed by atoms with Gasteiger partial charge in [0.2, 0.25) is 0 Å². The lowest BCUT2D eigenvalue weighted by molar-refractivity contribution is 0.952. The molecule has 0 aliphatic rings. The molecule has 1 heterocycles. The van der Waals surface area contributed by atoms with E-state index in [0.29, 0.717) is 12.4 Å². The van der Waals surface area contributed by atoms with Gasteiger partial charge in [0.1, 0.15) is 6.33 Å². The maximum absolute atomic E-state index is 5.53. The molecule has 1 aromatic rings. The third kappa shape index (κ3) is 2.65. The van der Waals surface area contributed by atoms with Gasteiger partial charge in [-0.15, -0.1) is 0 Å². The van der Waals surface area contributed by atoms with E-state index in [4.69, 9.17) is 5.73 Å². The lowest BCUT2D eigenvalue weighted by Gasteiger charge is -1.95. The zero-order chi connectivity index (χ0) is 8.81. The Morgan fingerprint density at radius 3 is 3.08 bits per heavy atom. The first-order chi connectivity index (χ1) is 5.83. The second-order valence-corrected chi connectivity index (χ2v) is 2.36. The van der Waals surface area contributed by atoms with Gasteiger partial charge in [0, 0.05) is 12.6 Å². The fourth-order valence-corrected chi connectivity index (χ4v) is 0.706. The number of amidine groups is 1. The third-order valence-corrected chi connectivity index (χ3v) is 1.45. The van der Waals surface area contributed by atoms with Crippen LogP contribution < -0.4 is 5.73 Å². The minimum atomic E-state index is 0.544. The first-order valence-electron chi connectivity index (χ1n) is 3.86. The van der Waals surface area contributed by atoms with E-state index in [-0.39, 0.29) is 0 Å². The first kappa shape index (κ1) is 8.64. The van der Waals surface area contributed by atoms with Gasteiger partial charge in [0.25, 0.3) is 0 Å². The highest BCUT2D eigenvalue weighted by Gasteiger charge is 1.90. The van der Waals surface area contributed by atoms with Crippen molar-refractivity contribution in [1.82, 2.24) is 9.97 Å². The highest BCUT2D eigenvalue weighted by molar-refractivity contribution is 5.79. The first-order valence-corrected chi connectivity index (χ1v) is 3.86. The smallest absolute Gasteiger partial charge is 0.115 e. The van der Waals surface area contributed by atoms with Gasteiger partial charge in [0.15, 0.2) is 0 Å². The third-order valence-electron chi connectivity index (χ3n) is 1.45. The normalized spacial score (nSPS) is 11.6. The Hall–Kier alpha value is -1.45. The number of nitrogens with two attached hydrogens (primary N) is 1. The summed E-state index contributed by atoms with van der Waals surface area (Å²) in [5.41, 5.74) is 6.42. The standard InChI is InChI=1S/C8H12N4/c1-2-8(9)11-5-7-3-4-10-6-12-7/h3-4,6H,2,5H2,1H3,(H2,9,11). The second kappa shape index (κ2) is 4.43. The Bertz CT molecular complexity index is 255. The van der Waals surface area contributed by atoms with E-state index in [0.717, 1.165) is 12.1 Å². The van der Waals surface area contributed by atoms with Gasteiger partial charge in [-0.3, -0.25) is 4.99 Å². The van der Waals surface area contributed by atoms with Gasteiger partial charge in [-0.2, -0.15) is 0 Å². The summed E-state index contributed by atoms with van der Waals surface area (Å²) in [6, 6.07) is 1.83. The van der Waals surface area contributed by atoms with Crippen LogP contribution in [0.15, 0.2) is 23.6 Å². The Balaban J connectivity index is 2.54. The molecule has 12 heavy (non-hydrogen) atoms. The van der Waals surface area contributed by atoms with E-state index >= 15 is 0 Å². The molecule has 64 valence electrons. The quantitative estimate of drug-likeness (QED) is 0.529. The van der Waals surface area contributed by atoms with Crippen LogP contribution in [0.1, 0.15) is 19.0 Å². The summed E-state index contributed by atoms with van der Waals surface area (Å²) in [4.78, 5) is 11.9. The van der Waals surface area contributed by atoms with E-state index in [2.05, 4.69) is 15.0 Å². The van der Waals surface area contributed by atoms with Crippen LogP contribution in [-0.2, 0) is 6.54 Å². The zero-order valence-electron chi connectivity index (χ0n) is 7.07. The van der Waals surface area contributed by atoms with Crippen LogP contribution in [0.5, 0.6) is 0 Å². The molecule has 0 fully saturated rings. The molecule has 0 atom stereocenters. The van der Waals surface area contributed by atoms with Crippen LogP contribution >= 0.6 is 0 Å². The molecular weight excluding hydrogens is 152 g/mol. The summed E-state index contributed by atoms with van der Waals surface area (Å²) in [6.07, 6.45) is 3.98. The highest BCUT2D eigenvalue weighted by atomic mass is 14.9. The topological polar surface area (TPSA) is 64.2 Å². The summed E-state index contributed by atoms with van der Waals surface area (Å²) in [5, 5.41) is 0. The molecule has 0 amide bonds. The Morgan fingerprint density at radius 2 is 2.50 bits per heavy atom. The summed E-state index contributed by atoms with van der Waals surface area (Å²) < 4.78 is 0. The molecule has 0 aliphatic heterocycles. The summed E-state index contributed by atoms with van der Waals surface area (Å²) in [5.74, 6) is 0.661. The molecule has 4 heteroatoms. The molecule has 0 aromatic carbocycles. The molecule has 0 saturated heterocycles. The SMILES string of the molecule is CCC(N)=NCc1ccncn1. The van der Waals surface area contributed by atoms with E-state index in [9.17, 15) is 0 Å². The van der Waals surface area contributed by atoms with Gasteiger partial charge < -0.3 is 5.73 Å². The van der Waals surface area contributed by atoms with E-state index in [1.54, 1.807) is 6.20 Å². The van der Waals surface area contributed by atoms with E-state index < -0.39 is 0 Å². The van der Waals surface area contributed by atoms with Crippen molar-refractivity contribution in [1.29, 1.82) is 0 Å². The number of nitrogens with zero attached hydrogens (tertiary/aromatic N) is 3. The molecule has 0 aliphatic carbocycles. The fraction of sp³-hybridized carbons (Fsp3) is 0.375. The van der Waals surface area contributed by atoms with Crippen molar-refractivity contribution in [3.8, 4) is 0 Å². The van der Waals surface area contributed by atoms with Gasteiger partial charge in [-0.25, -0.2) is 9.97 Å². The number of aromatic nitrogens is 2. The molecular formula is C8H12N4. The van der Waals surface area contributed by atoms with Crippen molar-refractivity contribution in [3.05, 3.63) is 24.3 Å². The van der Waals surface area contributed by atoms with Crippen molar-refractivity contribution in [3.63, 3.8) is 0 Å². The average molecular weight is 164 g/mol. The summed E-state index contributed by atoms with van der Waals surface area (Å²) >= 11 is 0. The molecule has 4 nitrogen and oxygen atoms in total. The van der Waals surface area contributed by atoms with Crippen LogP contribution in [0.2, 0.25) is 0 Å². The molecule has 1 aromatic heterocycles. The number of rotatable bonds is 3. The molecule has 1 rings (SSSR count). The predicted octanol–water partition coefficient (Wildman–Crippen LogP) is 0.744. The minimum Gasteiger partial charge on any atom is -0.387 e. The maximum Gasteiger partial charge on any atom is 0.115 e. The average Bonchev–Trinajstić information content (AvgIpc) is 2.16. The van der Waals surface area contributed by atoms with Crippen molar-refractivity contribution < 1.29 is 0 Å². The van der Waals surface area contributed by atoms with E-state index in [1.165, 1.54) is 6.33 Å². The molecule has 0 spiro atoms. The second-order valence-electron chi connectivity index (χ2n) is 2.36. The van der Waals surface area contributed by atoms with Crippen LogP contribution in [0.25, 0.3) is 0 Å².